The number of benzene rings is 1. The summed E-state index contributed by atoms with van der Waals surface area (Å²) in [5.41, 5.74) is 3.49. The fourth-order valence-corrected chi connectivity index (χ4v) is 2.27. The topological polar surface area (TPSA) is 24.9 Å². The summed E-state index contributed by atoms with van der Waals surface area (Å²) in [6.07, 6.45) is 0.972. The lowest BCUT2D eigenvalue weighted by atomic mass is 10.1. The van der Waals surface area contributed by atoms with Gasteiger partial charge in [-0.15, -0.1) is 0 Å². The van der Waals surface area contributed by atoms with Crippen LogP contribution in [-0.4, -0.2) is 18.6 Å². The Morgan fingerprint density at radius 2 is 2.19 bits per heavy atom. The van der Waals surface area contributed by atoms with Crippen molar-refractivity contribution in [1.29, 1.82) is 0 Å². The van der Waals surface area contributed by atoms with Crippen molar-refractivity contribution < 1.29 is 0 Å². The number of hydrogen-bond donors (Lipinski definition) is 1. The van der Waals surface area contributed by atoms with E-state index in [1.54, 1.807) is 0 Å². The molecule has 2 aromatic rings. The second-order valence-corrected chi connectivity index (χ2v) is 4.77. The van der Waals surface area contributed by atoms with E-state index < -0.39 is 0 Å². The molecule has 0 aliphatic carbocycles. The summed E-state index contributed by atoms with van der Waals surface area (Å²) < 4.78 is 1.07. The van der Waals surface area contributed by atoms with E-state index in [0.29, 0.717) is 0 Å². The number of aromatic nitrogens is 1. The molecule has 1 heterocycles. The van der Waals surface area contributed by atoms with Gasteiger partial charge in [-0.25, -0.2) is 0 Å². The van der Waals surface area contributed by atoms with Crippen molar-refractivity contribution in [2.75, 3.05) is 13.6 Å². The molecule has 0 spiro atoms. The van der Waals surface area contributed by atoms with Crippen LogP contribution in [0.15, 0.2) is 28.7 Å². The van der Waals surface area contributed by atoms with E-state index in [1.165, 1.54) is 16.6 Å². The van der Waals surface area contributed by atoms with Gasteiger partial charge in [0, 0.05) is 28.5 Å². The molecule has 0 aliphatic rings. The minimum absolute atomic E-state index is 0.962. The molecule has 2 nitrogen and oxygen atoms in total. The first kappa shape index (κ1) is 11.6. The summed E-state index contributed by atoms with van der Waals surface area (Å²) in [7, 11) is 1.96. The molecule has 1 aromatic heterocycles. The molecular weight excluding hydrogens is 264 g/mol. The van der Waals surface area contributed by atoms with Gasteiger partial charge in [-0.2, -0.15) is 0 Å². The summed E-state index contributed by atoms with van der Waals surface area (Å²) in [6, 6.07) is 8.38. The highest BCUT2D eigenvalue weighted by Crippen LogP contribution is 2.24. The van der Waals surface area contributed by atoms with Crippen LogP contribution in [0.25, 0.3) is 10.9 Å². The smallest absolute Gasteiger partial charge is 0.0847 e. The molecule has 1 aromatic carbocycles. The lowest BCUT2D eigenvalue weighted by Crippen LogP contribution is -2.12. The summed E-state index contributed by atoms with van der Waals surface area (Å²) in [5.74, 6) is 0. The number of likely N-dealkylation sites (N-methyl/N-ethyl adjacent to an activating group) is 1. The molecule has 0 saturated carbocycles. The van der Waals surface area contributed by atoms with Crippen LogP contribution >= 0.6 is 15.9 Å². The lowest BCUT2D eigenvalue weighted by Gasteiger charge is -2.08. The Labute approximate surface area is 104 Å². The molecule has 0 aliphatic heterocycles. The van der Waals surface area contributed by atoms with E-state index in [-0.39, 0.29) is 0 Å². The summed E-state index contributed by atoms with van der Waals surface area (Å²) in [6.45, 7) is 3.09. The number of pyridine rings is 1. The maximum absolute atomic E-state index is 4.72. The third-order valence-corrected chi connectivity index (χ3v) is 3.34. The Morgan fingerprint density at radius 1 is 1.38 bits per heavy atom. The molecule has 2 rings (SSSR count). The molecule has 16 heavy (non-hydrogen) atoms. The zero-order valence-electron chi connectivity index (χ0n) is 9.55. The highest BCUT2D eigenvalue weighted by molar-refractivity contribution is 9.10. The van der Waals surface area contributed by atoms with Crippen molar-refractivity contribution in [3.63, 3.8) is 0 Å². The molecule has 0 atom stereocenters. The summed E-state index contributed by atoms with van der Waals surface area (Å²) >= 11 is 3.55. The monoisotopic (exact) mass is 278 g/mol. The maximum atomic E-state index is 4.72. The van der Waals surface area contributed by atoms with Gasteiger partial charge >= 0.3 is 0 Å². The van der Waals surface area contributed by atoms with E-state index in [4.69, 9.17) is 4.98 Å². The maximum Gasteiger partial charge on any atom is 0.0847 e. The van der Waals surface area contributed by atoms with Gasteiger partial charge < -0.3 is 5.32 Å². The van der Waals surface area contributed by atoms with Crippen molar-refractivity contribution in [2.24, 2.45) is 0 Å². The Kier molecular flexibility index (Phi) is 3.56. The van der Waals surface area contributed by atoms with Crippen molar-refractivity contribution >= 4 is 26.8 Å². The molecule has 0 unspecified atom stereocenters. The molecule has 84 valence electrons. The SMILES string of the molecule is CNCCc1nc2c(Br)cccc2cc1C. The molecule has 0 amide bonds. The van der Waals surface area contributed by atoms with Gasteiger partial charge in [-0.3, -0.25) is 4.98 Å². The minimum atomic E-state index is 0.962. The highest BCUT2D eigenvalue weighted by Gasteiger charge is 2.05. The van der Waals surface area contributed by atoms with Gasteiger partial charge in [-0.1, -0.05) is 12.1 Å². The fourth-order valence-electron chi connectivity index (χ4n) is 1.80. The van der Waals surface area contributed by atoms with Gasteiger partial charge in [-0.05, 0) is 47.6 Å². The van der Waals surface area contributed by atoms with Crippen LogP contribution in [0.3, 0.4) is 0 Å². The van der Waals surface area contributed by atoms with Gasteiger partial charge in [0.15, 0.2) is 0 Å². The molecule has 0 bridgehead atoms. The van der Waals surface area contributed by atoms with E-state index in [0.717, 1.165) is 23.0 Å². The lowest BCUT2D eigenvalue weighted by molar-refractivity contribution is 0.775. The van der Waals surface area contributed by atoms with Crippen LogP contribution in [0.2, 0.25) is 0 Å². The van der Waals surface area contributed by atoms with Crippen LogP contribution in [0.1, 0.15) is 11.3 Å². The van der Waals surface area contributed by atoms with Gasteiger partial charge in [0.25, 0.3) is 0 Å². The van der Waals surface area contributed by atoms with Crippen LogP contribution in [0.5, 0.6) is 0 Å². The van der Waals surface area contributed by atoms with Crippen molar-refractivity contribution in [3.05, 3.63) is 40.0 Å². The van der Waals surface area contributed by atoms with Gasteiger partial charge in [0.2, 0.25) is 0 Å². The Balaban J connectivity index is 2.51. The van der Waals surface area contributed by atoms with E-state index in [1.807, 2.05) is 19.2 Å². The fraction of sp³-hybridized carbons (Fsp3) is 0.308. The van der Waals surface area contributed by atoms with Crippen LogP contribution in [-0.2, 0) is 6.42 Å². The third kappa shape index (κ3) is 2.25. The molecular formula is C13H15BrN2. The number of halogens is 1. The Hall–Kier alpha value is -0.930. The molecule has 3 heteroatoms. The zero-order chi connectivity index (χ0) is 11.5. The van der Waals surface area contributed by atoms with Crippen LogP contribution < -0.4 is 5.32 Å². The Morgan fingerprint density at radius 3 is 2.94 bits per heavy atom. The van der Waals surface area contributed by atoms with Crippen molar-refractivity contribution in [1.82, 2.24) is 10.3 Å². The van der Waals surface area contributed by atoms with Gasteiger partial charge in [0.05, 0.1) is 5.52 Å². The number of rotatable bonds is 3. The average Bonchev–Trinajstić information content (AvgIpc) is 2.27. The zero-order valence-corrected chi connectivity index (χ0v) is 11.1. The first-order valence-corrected chi connectivity index (χ1v) is 6.21. The molecule has 0 saturated heterocycles. The highest BCUT2D eigenvalue weighted by atomic mass is 79.9. The number of para-hydroxylation sites is 1. The normalized spacial score (nSPS) is 10.9. The quantitative estimate of drug-likeness (QED) is 0.934. The average molecular weight is 279 g/mol. The van der Waals surface area contributed by atoms with E-state index in [2.05, 4.69) is 40.3 Å². The number of hydrogen-bond acceptors (Lipinski definition) is 2. The summed E-state index contributed by atoms with van der Waals surface area (Å²) in [4.78, 5) is 4.72. The van der Waals surface area contributed by atoms with E-state index in [9.17, 15) is 0 Å². The number of nitrogens with one attached hydrogen (secondary N) is 1. The molecule has 0 radical (unpaired) electrons. The first-order chi connectivity index (χ1) is 7.72. The number of aryl methyl sites for hydroxylation is 1. The predicted molar refractivity (Wildman–Crippen MR) is 71.8 cm³/mol. The number of fused-ring (bicyclic) bond motifs is 1. The molecule has 0 fully saturated rings. The minimum Gasteiger partial charge on any atom is -0.319 e. The van der Waals surface area contributed by atoms with Crippen molar-refractivity contribution in [2.45, 2.75) is 13.3 Å². The van der Waals surface area contributed by atoms with Gasteiger partial charge in [0.1, 0.15) is 0 Å². The largest absolute Gasteiger partial charge is 0.319 e. The Bertz CT molecular complexity index is 509. The van der Waals surface area contributed by atoms with Crippen molar-refractivity contribution in [3.8, 4) is 0 Å². The summed E-state index contributed by atoms with van der Waals surface area (Å²) in [5, 5.41) is 4.35. The molecule has 1 N–H and O–H groups in total. The van der Waals surface area contributed by atoms with Crippen LogP contribution in [0, 0.1) is 6.92 Å². The second-order valence-electron chi connectivity index (χ2n) is 3.92. The third-order valence-electron chi connectivity index (χ3n) is 2.70. The van der Waals surface area contributed by atoms with Crippen LogP contribution in [0.4, 0.5) is 0 Å². The number of nitrogens with zero attached hydrogens (tertiary/aromatic N) is 1. The predicted octanol–water partition coefficient (Wildman–Crippen LogP) is 3.07. The standard InChI is InChI=1S/C13H15BrN2/c1-9-8-10-4-3-5-11(14)13(10)16-12(9)6-7-15-2/h3-5,8,15H,6-7H2,1-2H3. The second kappa shape index (κ2) is 4.93. The first-order valence-electron chi connectivity index (χ1n) is 5.41. The van der Waals surface area contributed by atoms with E-state index >= 15 is 0 Å².